The first kappa shape index (κ1) is 17.6. The molecule has 1 aromatic carbocycles. The van der Waals surface area contributed by atoms with Gasteiger partial charge in [-0.2, -0.15) is 0 Å². The van der Waals surface area contributed by atoms with Crippen LogP contribution >= 0.6 is 11.6 Å². The Morgan fingerprint density at radius 2 is 1.87 bits per heavy atom. The van der Waals surface area contributed by atoms with Crippen molar-refractivity contribution in [2.45, 2.75) is 26.8 Å². The Hall–Kier alpha value is -1.75. The minimum atomic E-state index is -0.0640. The van der Waals surface area contributed by atoms with Crippen LogP contribution in [0.15, 0.2) is 24.3 Å². The molecule has 0 aromatic heterocycles. The van der Waals surface area contributed by atoms with Crippen LogP contribution in [0.4, 0.5) is 5.69 Å². The third-order valence-electron chi connectivity index (χ3n) is 4.14. The second-order valence-electron chi connectivity index (χ2n) is 6.09. The van der Waals surface area contributed by atoms with Gasteiger partial charge in [0.25, 0.3) is 0 Å². The van der Waals surface area contributed by atoms with E-state index in [4.69, 9.17) is 11.6 Å². The number of rotatable bonds is 4. The summed E-state index contributed by atoms with van der Waals surface area (Å²) in [6, 6.07) is 7.79. The summed E-state index contributed by atoms with van der Waals surface area (Å²) in [6.45, 7) is 8.37. The number of halogens is 1. The Morgan fingerprint density at radius 3 is 2.39 bits per heavy atom. The lowest BCUT2D eigenvalue weighted by Crippen LogP contribution is -2.52. The van der Waals surface area contributed by atoms with Crippen molar-refractivity contribution in [3.05, 3.63) is 29.3 Å². The normalized spacial score (nSPS) is 15.0. The zero-order chi connectivity index (χ0) is 17.0. The Bertz CT molecular complexity index is 569. The van der Waals surface area contributed by atoms with Crippen molar-refractivity contribution in [3.63, 3.8) is 0 Å². The lowest BCUT2D eigenvalue weighted by Gasteiger charge is -2.37. The first-order valence-corrected chi connectivity index (χ1v) is 8.31. The Kier molecular flexibility index (Phi) is 5.88. The van der Waals surface area contributed by atoms with Crippen LogP contribution < -0.4 is 4.90 Å². The van der Waals surface area contributed by atoms with Gasteiger partial charge in [0.1, 0.15) is 0 Å². The van der Waals surface area contributed by atoms with Crippen molar-refractivity contribution >= 4 is 29.1 Å². The fourth-order valence-electron chi connectivity index (χ4n) is 2.79. The van der Waals surface area contributed by atoms with Crippen molar-refractivity contribution in [2.24, 2.45) is 0 Å². The van der Waals surface area contributed by atoms with Gasteiger partial charge in [-0.15, -0.1) is 0 Å². The van der Waals surface area contributed by atoms with Gasteiger partial charge in [0.05, 0.1) is 6.54 Å². The molecule has 0 spiro atoms. The summed E-state index contributed by atoms with van der Waals surface area (Å²) in [4.78, 5) is 29.7. The second kappa shape index (κ2) is 7.68. The number of carbonyl (C=O) groups is 2. The van der Waals surface area contributed by atoms with Crippen LogP contribution in [-0.2, 0) is 9.59 Å². The maximum absolute atomic E-state index is 12.4. The first-order valence-electron chi connectivity index (χ1n) is 7.94. The standard InChI is InChI=1S/C17H24ClN3O2/c1-13(2)21(14(3)22)12-17(23)20-9-7-19(8-10-20)16-6-4-5-15(18)11-16/h4-6,11,13H,7-10,12H2,1-3H3. The molecule has 0 N–H and O–H groups in total. The minimum absolute atomic E-state index is 0.0136. The number of benzene rings is 1. The van der Waals surface area contributed by atoms with Gasteiger partial charge < -0.3 is 14.7 Å². The molecule has 0 bridgehead atoms. The van der Waals surface area contributed by atoms with Crippen LogP contribution in [0.1, 0.15) is 20.8 Å². The maximum atomic E-state index is 12.4. The summed E-state index contributed by atoms with van der Waals surface area (Å²) in [5.41, 5.74) is 1.08. The van der Waals surface area contributed by atoms with E-state index in [0.717, 1.165) is 23.8 Å². The molecule has 1 aliphatic heterocycles. The monoisotopic (exact) mass is 337 g/mol. The molecule has 1 aromatic rings. The van der Waals surface area contributed by atoms with Crippen molar-refractivity contribution in [1.82, 2.24) is 9.80 Å². The molecule has 126 valence electrons. The third-order valence-corrected chi connectivity index (χ3v) is 4.37. The van der Waals surface area contributed by atoms with Crippen LogP contribution in [0.3, 0.4) is 0 Å². The number of piperazine rings is 1. The molecule has 2 rings (SSSR count). The van der Waals surface area contributed by atoms with E-state index in [2.05, 4.69) is 4.90 Å². The van der Waals surface area contributed by atoms with Gasteiger partial charge in [-0.25, -0.2) is 0 Å². The van der Waals surface area contributed by atoms with Gasteiger partial charge in [0.2, 0.25) is 11.8 Å². The van der Waals surface area contributed by atoms with Crippen LogP contribution in [-0.4, -0.2) is 60.4 Å². The maximum Gasteiger partial charge on any atom is 0.242 e. The van der Waals surface area contributed by atoms with Crippen LogP contribution in [0.5, 0.6) is 0 Å². The van der Waals surface area contributed by atoms with E-state index in [-0.39, 0.29) is 24.4 Å². The summed E-state index contributed by atoms with van der Waals surface area (Å²) < 4.78 is 0. The van der Waals surface area contributed by atoms with Gasteiger partial charge in [0.15, 0.2) is 0 Å². The summed E-state index contributed by atoms with van der Waals surface area (Å²) >= 11 is 6.03. The average molecular weight is 338 g/mol. The molecular formula is C17H24ClN3O2. The number of amides is 2. The van der Waals surface area contributed by atoms with E-state index >= 15 is 0 Å². The Morgan fingerprint density at radius 1 is 1.22 bits per heavy atom. The van der Waals surface area contributed by atoms with E-state index in [9.17, 15) is 9.59 Å². The molecule has 6 heteroatoms. The smallest absolute Gasteiger partial charge is 0.242 e. The fourth-order valence-corrected chi connectivity index (χ4v) is 2.97. The lowest BCUT2D eigenvalue weighted by molar-refractivity contribution is -0.141. The predicted molar refractivity (Wildman–Crippen MR) is 92.8 cm³/mol. The Balaban J connectivity index is 1.91. The molecule has 0 aliphatic carbocycles. The molecule has 1 fully saturated rings. The highest BCUT2D eigenvalue weighted by Crippen LogP contribution is 2.20. The van der Waals surface area contributed by atoms with E-state index in [1.807, 2.05) is 43.0 Å². The molecule has 0 saturated carbocycles. The quantitative estimate of drug-likeness (QED) is 0.846. The molecule has 2 amide bonds. The van der Waals surface area contributed by atoms with Crippen molar-refractivity contribution < 1.29 is 9.59 Å². The first-order chi connectivity index (χ1) is 10.9. The number of hydrogen-bond acceptors (Lipinski definition) is 3. The molecule has 0 unspecified atom stereocenters. The van der Waals surface area contributed by atoms with E-state index < -0.39 is 0 Å². The summed E-state index contributed by atoms with van der Waals surface area (Å²) in [5, 5.41) is 0.718. The number of hydrogen-bond donors (Lipinski definition) is 0. The molecule has 23 heavy (non-hydrogen) atoms. The highest BCUT2D eigenvalue weighted by Gasteiger charge is 2.24. The van der Waals surface area contributed by atoms with Crippen molar-refractivity contribution in [2.75, 3.05) is 37.6 Å². The highest BCUT2D eigenvalue weighted by molar-refractivity contribution is 6.30. The number of anilines is 1. The van der Waals surface area contributed by atoms with E-state index in [1.54, 1.807) is 4.90 Å². The molecule has 0 atom stereocenters. The summed E-state index contributed by atoms with van der Waals surface area (Å²) in [7, 11) is 0. The van der Waals surface area contributed by atoms with Crippen LogP contribution in [0, 0.1) is 0 Å². The van der Waals surface area contributed by atoms with Crippen molar-refractivity contribution in [3.8, 4) is 0 Å². The molecule has 5 nitrogen and oxygen atoms in total. The zero-order valence-corrected chi connectivity index (χ0v) is 14.7. The third kappa shape index (κ3) is 4.61. The van der Waals surface area contributed by atoms with Gasteiger partial charge in [-0.3, -0.25) is 9.59 Å². The van der Waals surface area contributed by atoms with E-state index in [0.29, 0.717) is 13.1 Å². The molecular weight excluding hydrogens is 314 g/mol. The lowest BCUT2D eigenvalue weighted by atomic mass is 10.2. The predicted octanol–water partition coefficient (Wildman–Crippen LogP) is 2.25. The van der Waals surface area contributed by atoms with Gasteiger partial charge in [-0.1, -0.05) is 17.7 Å². The van der Waals surface area contributed by atoms with E-state index in [1.165, 1.54) is 6.92 Å². The van der Waals surface area contributed by atoms with Crippen LogP contribution in [0.2, 0.25) is 5.02 Å². The van der Waals surface area contributed by atoms with Gasteiger partial charge in [0, 0.05) is 49.9 Å². The SMILES string of the molecule is CC(=O)N(CC(=O)N1CCN(c2cccc(Cl)c2)CC1)C(C)C. The number of nitrogens with zero attached hydrogens (tertiary/aromatic N) is 3. The minimum Gasteiger partial charge on any atom is -0.368 e. The second-order valence-corrected chi connectivity index (χ2v) is 6.52. The average Bonchev–Trinajstić information content (AvgIpc) is 2.52. The molecule has 1 heterocycles. The zero-order valence-electron chi connectivity index (χ0n) is 14.0. The summed E-state index contributed by atoms with van der Waals surface area (Å²) in [5.74, 6) is -0.0504. The highest BCUT2D eigenvalue weighted by atomic mass is 35.5. The number of carbonyl (C=O) groups excluding carboxylic acids is 2. The van der Waals surface area contributed by atoms with Gasteiger partial charge in [-0.05, 0) is 32.0 Å². The fraction of sp³-hybridized carbons (Fsp3) is 0.529. The summed E-state index contributed by atoms with van der Waals surface area (Å²) in [6.07, 6.45) is 0. The van der Waals surface area contributed by atoms with Crippen LogP contribution in [0.25, 0.3) is 0 Å². The molecule has 0 radical (unpaired) electrons. The largest absolute Gasteiger partial charge is 0.368 e. The molecule has 1 saturated heterocycles. The van der Waals surface area contributed by atoms with Crippen molar-refractivity contribution in [1.29, 1.82) is 0 Å². The Labute approximate surface area is 142 Å². The van der Waals surface area contributed by atoms with Gasteiger partial charge >= 0.3 is 0 Å². The molecule has 1 aliphatic rings. The topological polar surface area (TPSA) is 43.9 Å².